The normalized spacial score (nSPS) is 13.5. The van der Waals surface area contributed by atoms with Crippen LogP contribution in [-0.2, 0) is 0 Å². The number of nitrogens with zero attached hydrogens (tertiary/aromatic N) is 4. The van der Waals surface area contributed by atoms with Crippen molar-refractivity contribution in [2.45, 2.75) is 12.8 Å². The molecule has 0 atom stereocenters. The molecule has 14 aromatic rings. The second kappa shape index (κ2) is 15.6. The summed E-state index contributed by atoms with van der Waals surface area (Å²) < 4.78 is 11.9. The highest BCUT2D eigenvalue weighted by molar-refractivity contribution is 6.21. The first-order valence-electron chi connectivity index (χ1n) is 24.4. The van der Waals surface area contributed by atoms with E-state index < -0.39 is 0 Å². The van der Waals surface area contributed by atoms with Crippen LogP contribution in [0.15, 0.2) is 245 Å². The number of allylic oxidation sites excluding steroid dienone is 1. The molecule has 4 heterocycles. The van der Waals surface area contributed by atoms with Gasteiger partial charge in [-0.1, -0.05) is 158 Å². The van der Waals surface area contributed by atoms with Gasteiger partial charge in [-0.2, -0.15) is 0 Å². The molecular weight excluding hydrogens is 865 g/mol. The van der Waals surface area contributed by atoms with E-state index in [2.05, 4.69) is 240 Å². The predicted octanol–water partition coefficient (Wildman–Crippen LogP) is 17.3. The van der Waals surface area contributed by atoms with Gasteiger partial charge in [0.25, 0.3) is 0 Å². The summed E-state index contributed by atoms with van der Waals surface area (Å²) in [5, 5.41) is 14.1. The van der Waals surface area contributed by atoms with Gasteiger partial charge in [-0.25, -0.2) is 9.98 Å². The lowest BCUT2D eigenvalue weighted by Gasteiger charge is -2.16. The summed E-state index contributed by atoms with van der Waals surface area (Å²) in [5.41, 5.74) is 13.3. The average Bonchev–Trinajstić information content (AvgIpc) is 4.07. The zero-order valence-corrected chi connectivity index (χ0v) is 38.6. The summed E-state index contributed by atoms with van der Waals surface area (Å²) >= 11 is 0. The molecule has 0 aliphatic carbocycles. The van der Waals surface area contributed by atoms with Crippen molar-refractivity contribution in [2.24, 2.45) is 9.98 Å². The van der Waals surface area contributed by atoms with Gasteiger partial charge in [0, 0.05) is 49.1 Å². The van der Waals surface area contributed by atoms with Gasteiger partial charge >= 0.3 is 0 Å². The topological polar surface area (TPSA) is 47.7 Å². The number of rotatable bonds is 5. The first-order chi connectivity index (χ1) is 35.2. The highest BCUT2D eigenvalue weighted by Gasteiger charge is 2.24. The van der Waals surface area contributed by atoms with Crippen molar-refractivity contribution in [3.8, 4) is 11.4 Å². The van der Waals surface area contributed by atoms with E-state index in [1.54, 1.807) is 0 Å². The Morgan fingerprint density at radius 3 is 1.73 bits per heavy atom. The summed E-state index contributed by atoms with van der Waals surface area (Å²) in [4.78, 5) is 11.3. The third-order valence-electron chi connectivity index (χ3n) is 14.7. The molecule has 3 aromatic heterocycles. The number of benzene rings is 11. The third kappa shape index (κ3) is 6.26. The maximum absolute atomic E-state index is 7.07. The van der Waals surface area contributed by atoms with Crippen molar-refractivity contribution in [1.82, 2.24) is 9.13 Å². The minimum atomic E-state index is 0.673. The molecule has 0 saturated carbocycles. The number of aromatic nitrogens is 2. The van der Waals surface area contributed by atoms with E-state index in [4.69, 9.17) is 14.4 Å². The van der Waals surface area contributed by atoms with E-state index in [1.165, 1.54) is 54.0 Å². The van der Waals surface area contributed by atoms with E-state index in [-0.39, 0.29) is 0 Å². The molecule has 0 unspecified atom stereocenters. The molecule has 332 valence electrons. The minimum absolute atomic E-state index is 0.673. The maximum Gasteiger partial charge on any atom is 0.160 e. The molecule has 11 aromatic carbocycles. The number of fused-ring (bicyclic) bond motifs is 12. The first kappa shape index (κ1) is 39.7. The summed E-state index contributed by atoms with van der Waals surface area (Å²) in [7, 11) is 0. The van der Waals surface area contributed by atoms with Crippen LogP contribution in [-0.4, -0.2) is 20.7 Å². The number of furan rings is 1. The van der Waals surface area contributed by atoms with Gasteiger partial charge in [-0.15, -0.1) is 0 Å². The van der Waals surface area contributed by atoms with E-state index in [1.807, 2.05) is 0 Å². The van der Waals surface area contributed by atoms with Gasteiger partial charge in [-0.3, -0.25) is 0 Å². The van der Waals surface area contributed by atoms with Crippen molar-refractivity contribution in [3.63, 3.8) is 0 Å². The summed E-state index contributed by atoms with van der Waals surface area (Å²) in [6, 6.07) is 80.9. The monoisotopic (exact) mass is 906 g/mol. The standard InChI is InChI=1S/C66H42N4O/c1-2-21-49(22-3-1)69-58-27-12-10-23-50(58)51-32-31-47(40-60(51)69)56-25-14-26-57(68-66(67-56)48-30-29-41-15-4-5-16-42(41)35-48)52-33-34-59(65-64(52)53-24-11-13-28-63(53)71-65)70-61-38-45-19-8-6-17-43(45)36-54(61)55-37-44-18-7-9-20-46(44)39-62(55)70/h1-13,15-24,26-40H,14,25H2. The smallest absolute Gasteiger partial charge is 0.160 e. The molecule has 15 rings (SSSR count). The molecule has 0 amide bonds. The second-order valence-electron chi connectivity index (χ2n) is 18.8. The van der Waals surface area contributed by atoms with Gasteiger partial charge in [0.15, 0.2) is 11.4 Å². The number of hydrogen-bond acceptors (Lipinski definition) is 3. The van der Waals surface area contributed by atoms with Crippen LogP contribution in [0.4, 0.5) is 0 Å². The van der Waals surface area contributed by atoms with E-state index in [0.717, 1.165) is 96.2 Å². The fraction of sp³-hybridized carbons (Fsp3) is 0.0303. The molecule has 0 saturated heterocycles. The van der Waals surface area contributed by atoms with Crippen molar-refractivity contribution < 1.29 is 4.42 Å². The number of amidine groups is 1. The molecule has 0 N–H and O–H groups in total. The summed E-state index contributed by atoms with van der Waals surface area (Å²) in [6.45, 7) is 0. The Balaban J connectivity index is 0.953. The Labute approximate surface area is 408 Å². The van der Waals surface area contributed by atoms with Crippen LogP contribution in [0.1, 0.15) is 29.5 Å². The zero-order valence-electron chi connectivity index (χ0n) is 38.6. The molecular formula is C66H42N4O. The Morgan fingerprint density at radius 2 is 0.986 bits per heavy atom. The molecule has 0 radical (unpaired) electrons. The zero-order chi connectivity index (χ0) is 46.6. The SMILES string of the molecule is C1=C(c2ccc(-n3c4cc5ccccc5cc4c4cc5ccccc5cc43)c3oc4ccccc4c23)N=C(c2ccc3ccccc3c2)N=C(c2ccc3c4ccccc4n(-c4ccccc4)c3c2)CC1. The average molecular weight is 907 g/mol. The fourth-order valence-electron chi connectivity index (χ4n) is 11.4. The Bertz CT molecular complexity index is 4540. The molecule has 1 aliphatic rings. The third-order valence-corrected chi connectivity index (χ3v) is 14.7. The number of para-hydroxylation sites is 3. The lowest BCUT2D eigenvalue weighted by molar-refractivity contribution is 0.666. The van der Waals surface area contributed by atoms with E-state index >= 15 is 0 Å². The molecule has 5 nitrogen and oxygen atoms in total. The first-order valence-corrected chi connectivity index (χ1v) is 24.4. The molecule has 0 bridgehead atoms. The number of aliphatic imine (C=N–C) groups is 2. The van der Waals surface area contributed by atoms with Crippen molar-refractivity contribution in [3.05, 3.63) is 247 Å². The Kier molecular flexibility index (Phi) is 8.72. The molecule has 1 aliphatic heterocycles. The van der Waals surface area contributed by atoms with Crippen LogP contribution in [0.3, 0.4) is 0 Å². The van der Waals surface area contributed by atoms with Crippen LogP contribution in [0.5, 0.6) is 0 Å². The summed E-state index contributed by atoms with van der Waals surface area (Å²) in [5.74, 6) is 0.673. The molecule has 0 spiro atoms. The van der Waals surface area contributed by atoms with E-state index in [0.29, 0.717) is 5.84 Å². The fourth-order valence-corrected chi connectivity index (χ4v) is 11.4. The highest BCUT2D eigenvalue weighted by atomic mass is 16.3. The molecule has 5 heteroatoms. The molecule has 0 fully saturated rings. The van der Waals surface area contributed by atoms with Crippen LogP contribution in [0.25, 0.3) is 115 Å². The lowest BCUT2D eigenvalue weighted by Crippen LogP contribution is -2.10. The summed E-state index contributed by atoms with van der Waals surface area (Å²) in [6.07, 6.45) is 3.78. The Hall–Kier alpha value is -9.32. The van der Waals surface area contributed by atoms with Gasteiger partial charge in [0.2, 0.25) is 0 Å². The number of hydrogen-bond donors (Lipinski definition) is 0. The Morgan fingerprint density at radius 1 is 0.394 bits per heavy atom. The van der Waals surface area contributed by atoms with Crippen LogP contribution in [0, 0.1) is 0 Å². The van der Waals surface area contributed by atoms with Gasteiger partial charge in [0.1, 0.15) is 5.58 Å². The van der Waals surface area contributed by atoms with Gasteiger partial charge < -0.3 is 13.6 Å². The van der Waals surface area contributed by atoms with Crippen LogP contribution >= 0.6 is 0 Å². The largest absolute Gasteiger partial charge is 0.454 e. The lowest BCUT2D eigenvalue weighted by atomic mass is 9.98. The van der Waals surface area contributed by atoms with Crippen LogP contribution < -0.4 is 0 Å². The van der Waals surface area contributed by atoms with E-state index in [9.17, 15) is 0 Å². The van der Waals surface area contributed by atoms with Crippen molar-refractivity contribution in [1.29, 1.82) is 0 Å². The van der Waals surface area contributed by atoms with Crippen molar-refractivity contribution >= 4 is 115 Å². The maximum atomic E-state index is 7.07. The molecule has 71 heavy (non-hydrogen) atoms. The minimum Gasteiger partial charge on any atom is -0.454 e. The second-order valence-corrected chi connectivity index (χ2v) is 18.8. The van der Waals surface area contributed by atoms with Crippen LogP contribution in [0.2, 0.25) is 0 Å². The predicted molar refractivity (Wildman–Crippen MR) is 298 cm³/mol. The van der Waals surface area contributed by atoms with Gasteiger partial charge in [0.05, 0.1) is 39.2 Å². The van der Waals surface area contributed by atoms with Gasteiger partial charge in [-0.05, 0) is 124 Å². The van der Waals surface area contributed by atoms with Crippen molar-refractivity contribution in [2.75, 3.05) is 0 Å². The quantitative estimate of drug-likeness (QED) is 0.170. The highest BCUT2D eigenvalue weighted by Crippen LogP contribution is 2.44.